The highest BCUT2D eigenvalue weighted by Gasteiger charge is 2.15. The van der Waals surface area contributed by atoms with Crippen molar-refractivity contribution in [3.05, 3.63) is 53.6 Å². The van der Waals surface area contributed by atoms with Crippen molar-refractivity contribution < 1.29 is 0 Å². The number of hydrogen-bond donors (Lipinski definition) is 0. The molecule has 0 aliphatic heterocycles. The Bertz CT molecular complexity index is 771. The molecule has 3 rings (SSSR count). The molecule has 0 radical (unpaired) electrons. The molecule has 0 aliphatic rings. The van der Waals surface area contributed by atoms with Crippen molar-refractivity contribution in [1.82, 2.24) is 14.4 Å². The van der Waals surface area contributed by atoms with Crippen LogP contribution in [0.5, 0.6) is 0 Å². The van der Waals surface area contributed by atoms with Crippen LogP contribution < -0.4 is 0 Å². The number of nitrogens with zero attached hydrogens (tertiary/aromatic N) is 4. The maximum Gasteiger partial charge on any atom is 0.156 e. The lowest BCUT2D eigenvalue weighted by Gasteiger charge is -2.00. The Morgan fingerprint density at radius 3 is 2.95 bits per heavy atom. The van der Waals surface area contributed by atoms with Crippen LogP contribution in [-0.2, 0) is 6.42 Å². The summed E-state index contributed by atoms with van der Waals surface area (Å²) in [4.78, 5) is 8.63. The Labute approximate surface area is 114 Å². The minimum absolute atomic E-state index is 0.270. The molecule has 3 aromatic heterocycles. The zero-order valence-corrected chi connectivity index (χ0v) is 10.7. The van der Waals surface area contributed by atoms with E-state index in [1.54, 1.807) is 18.5 Å². The van der Waals surface area contributed by atoms with Crippen LogP contribution in [0.2, 0.25) is 5.02 Å². The Morgan fingerprint density at radius 1 is 1.32 bits per heavy atom. The van der Waals surface area contributed by atoms with E-state index in [1.165, 1.54) is 0 Å². The second-order valence-electron chi connectivity index (χ2n) is 4.03. The van der Waals surface area contributed by atoms with Gasteiger partial charge in [-0.15, -0.1) is 0 Å². The Balaban J connectivity index is 2.33. The molecule has 0 saturated heterocycles. The van der Waals surface area contributed by atoms with E-state index in [1.807, 2.05) is 28.8 Å². The van der Waals surface area contributed by atoms with Gasteiger partial charge in [0.2, 0.25) is 0 Å². The smallest absolute Gasteiger partial charge is 0.156 e. The van der Waals surface area contributed by atoms with Crippen molar-refractivity contribution in [1.29, 1.82) is 5.26 Å². The zero-order chi connectivity index (χ0) is 13.2. The second kappa shape index (κ2) is 4.71. The van der Waals surface area contributed by atoms with Gasteiger partial charge < -0.3 is 4.40 Å². The summed E-state index contributed by atoms with van der Waals surface area (Å²) in [6.07, 6.45) is 5.57. The van der Waals surface area contributed by atoms with Crippen LogP contribution in [0, 0.1) is 11.3 Å². The molecule has 5 heteroatoms. The lowest BCUT2D eigenvalue weighted by atomic mass is 10.1. The average Bonchev–Trinajstić information content (AvgIpc) is 2.81. The van der Waals surface area contributed by atoms with E-state index in [-0.39, 0.29) is 6.42 Å². The summed E-state index contributed by atoms with van der Waals surface area (Å²) in [5, 5.41) is 9.56. The highest BCUT2D eigenvalue weighted by atomic mass is 35.5. The number of aromatic nitrogens is 3. The van der Waals surface area contributed by atoms with E-state index in [0.29, 0.717) is 10.7 Å². The summed E-state index contributed by atoms with van der Waals surface area (Å²) in [6, 6.07) is 9.56. The molecule has 19 heavy (non-hydrogen) atoms. The summed E-state index contributed by atoms with van der Waals surface area (Å²) >= 11 is 6.15. The fourth-order valence-corrected chi connectivity index (χ4v) is 2.27. The maximum atomic E-state index is 9.00. The molecule has 3 aromatic rings. The number of imidazole rings is 1. The summed E-state index contributed by atoms with van der Waals surface area (Å²) in [7, 11) is 0. The molecule has 0 aliphatic carbocycles. The van der Waals surface area contributed by atoms with E-state index in [9.17, 15) is 0 Å². The zero-order valence-electron chi connectivity index (χ0n) is 9.92. The first-order valence-corrected chi connectivity index (χ1v) is 6.12. The van der Waals surface area contributed by atoms with Gasteiger partial charge in [0.1, 0.15) is 0 Å². The van der Waals surface area contributed by atoms with Gasteiger partial charge in [-0.2, -0.15) is 5.26 Å². The van der Waals surface area contributed by atoms with Crippen molar-refractivity contribution in [2.45, 2.75) is 6.42 Å². The van der Waals surface area contributed by atoms with E-state index < -0.39 is 0 Å². The number of fused-ring (bicyclic) bond motifs is 1. The van der Waals surface area contributed by atoms with Gasteiger partial charge in [-0.1, -0.05) is 11.6 Å². The molecule has 3 heterocycles. The minimum atomic E-state index is 0.270. The van der Waals surface area contributed by atoms with Gasteiger partial charge in [0, 0.05) is 24.2 Å². The first-order chi connectivity index (χ1) is 9.31. The third-order valence-electron chi connectivity index (χ3n) is 2.88. The van der Waals surface area contributed by atoms with Gasteiger partial charge in [0.15, 0.2) is 5.65 Å². The van der Waals surface area contributed by atoms with Gasteiger partial charge in [-0.05, 0) is 24.3 Å². The summed E-state index contributed by atoms with van der Waals surface area (Å²) in [5.74, 6) is 0. The van der Waals surface area contributed by atoms with Gasteiger partial charge in [-0.25, -0.2) is 4.98 Å². The standard InChI is InChI=1S/C14H9ClN4/c15-11-4-2-8-19-12(5-6-16)13(18-14(11)19)10-3-1-7-17-9-10/h1-4,7-9H,5H2. The Kier molecular flexibility index (Phi) is 2.90. The van der Waals surface area contributed by atoms with Crippen LogP contribution in [-0.4, -0.2) is 14.4 Å². The Morgan fingerprint density at radius 2 is 2.21 bits per heavy atom. The number of halogens is 1. The third kappa shape index (κ3) is 1.94. The third-order valence-corrected chi connectivity index (χ3v) is 3.18. The second-order valence-corrected chi connectivity index (χ2v) is 4.44. The molecule has 0 aromatic carbocycles. The number of pyridine rings is 2. The molecule has 0 atom stereocenters. The van der Waals surface area contributed by atoms with Crippen LogP contribution in [0.15, 0.2) is 42.9 Å². The number of nitriles is 1. The first kappa shape index (κ1) is 11.7. The van der Waals surface area contributed by atoms with Gasteiger partial charge in [0.25, 0.3) is 0 Å². The minimum Gasteiger partial charge on any atom is -0.301 e. The van der Waals surface area contributed by atoms with Crippen LogP contribution in [0.25, 0.3) is 16.9 Å². The lowest BCUT2D eigenvalue weighted by molar-refractivity contribution is 1.06. The van der Waals surface area contributed by atoms with E-state index in [0.717, 1.165) is 17.0 Å². The van der Waals surface area contributed by atoms with Crippen molar-refractivity contribution in [2.24, 2.45) is 0 Å². The van der Waals surface area contributed by atoms with Gasteiger partial charge >= 0.3 is 0 Å². The monoisotopic (exact) mass is 268 g/mol. The van der Waals surface area contributed by atoms with Crippen LogP contribution in [0.4, 0.5) is 0 Å². The topological polar surface area (TPSA) is 54.0 Å². The van der Waals surface area contributed by atoms with Crippen molar-refractivity contribution in [3.8, 4) is 17.3 Å². The molecule has 0 saturated carbocycles. The van der Waals surface area contributed by atoms with Crippen LogP contribution in [0.3, 0.4) is 0 Å². The summed E-state index contributed by atoms with van der Waals surface area (Å²) < 4.78 is 1.86. The van der Waals surface area contributed by atoms with Crippen LogP contribution in [0.1, 0.15) is 5.69 Å². The van der Waals surface area contributed by atoms with Gasteiger partial charge in [-0.3, -0.25) is 4.98 Å². The van der Waals surface area contributed by atoms with Crippen molar-refractivity contribution in [2.75, 3.05) is 0 Å². The molecule has 0 amide bonds. The molecular formula is C14H9ClN4. The molecule has 0 bridgehead atoms. The molecular weight excluding hydrogens is 260 g/mol. The largest absolute Gasteiger partial charge is 0.301 e. The van der Waals surface area contributed by atoms with E-state index in [2.05, 4.69) is 16.0 Å². The summed E-state index contributed by atoms with van der Waals surface area (Å²) in [5.41, 5.74) is 3.12. The number of hydrogen-bond acceptors (Lipinski definition) is 3. The Hall–Kier alpha value is -2.38. The predicted octanol–water partition coefficient (Wildman–Crippen LogP) is 3.12. The fraction of sp³-hybridized carbons (Fsp3) is 0.0714. The summed E-state index contributed by atoms with van der Waals surface area (Å²) in [6.45, 7) is 0. The van der Waals surface area contributed by atoms with Gasteiger partial charge in [0.05, 0.1) is 28.9 Å². The molecule has 4 nitrogen and oxygen atoms in total. The van der Waals surface area contributed by atoms with Crippen LogP contribution >= 0.6 is 11.6 Å². The van der Waals surface area contributed by atoms with Crippen molar-refractivity contribution >= 4 is 17.2 Å². The highest BCUT2D eigenvalue weighted by Crippen LogP contribution is 2.27. The van der Waals surface area contributed by atoms with E-state index in [4.69, 9.17) is 16.9 Å². The first-order valence-electron chi connectivity index (χ1n) is 5.74. The molecule has 0 N–H and O–H groups in total. The predicted molar refractivity (Wildman–Crippen MR) is 72.8 cm³/mol. The maximum absolute atomic E-state index is 9.00. The van der Waals surface area contributed by atoms with Crippen molar-refractivity contribution in [3.63, 3.8) is 0 Å². The normalized spacial score (nSPS) is 10.5. The number of rotatable bonds is 2. The average molecular weight is 269 g/mol. The lowest BCUT2D eigenvalue weighted by Crippen LogP contribution is -1.93. The molecule has 0 fully saturated rings. The molecule has 92 valence electrons. The SMILES string of the molecule is N#CCc1c(-c2cccnc2)nc2c(Cl)cccn12. The fourth-order valence-electron chi connectivity index (χ4n) is 2.06. The quantitative estimate of drug-likeness (QED) is 0.717. The molecule has 0 spiro atoms. The molecule has 0 unspecified atom stereocenters. The highest BCUT2D eigenvalue weighted by molar-refractivity contribution is 6.33. The van der Waals surface area contributed by atoms with E-state index >= 15 is 0 Å².